The van der Waals surface area contributed by atoms with Crippen molar-refractivity contribution in [1.29, 1.82) is 0 Å². The lowest BCUT2D eigenvalue weighted by molar-refractivity contribution is 0.0971. The van der Waals surface area contributed by atoms with Gasteiger partial charge >= 0.3 is 0 Å². The van der Waals surface area contributed by atoms with Crippen LogP contribution in [0.2, 0.25) is 0 Å². The van der Waals surface area contributed by atoms with E-state index in [-0.39, 0.29) is 17.1 Å². The van der Waals surface area contributed by atoms with Crippen molar-refractivity contribution in [1.82, 2.24) is 0 Å². The molecule has 0 saturated carbocycles. The third-order valence-electron chi connectivity index (χ3n) is 5.76. The summed E-state index contributed by atoms with van der Waals surface area (Å²) in [6.45, 7) is 4.92. The average Bonchev–Trinajstić information content (AvgIpc) is 3.13. The second-order valence-electron chi connectivity index (χ2n) is 7.82. The lowest BCUT2D eigenvalue weighted by Gasteiger charge is -2.25. The molecule has 172 valence electrons. The Kier molecular flexibility index (Phi) is 5.87. The minimum atomic E-state index is -0.643. The second-order valence-corrected chi connectivity index (χ2v) is 8.74. The molecule has 0 fully saturated rings. The van der Waals surface area contributed by atoms with Gasteiger partial charge in [-0.2, -0.15) is 0 Å². The zero-order chi connectivity index (χ0) is 23.8. The highest BCUT2D eigenvalue weighted by Gasteiger charge is 2.43. The molecule has 1 aliphatic rings. The summed E-state index contributed by atoms with van der Waals surface area (Å²) >= 11 is 3.43. The highest BCUT2D eigenvalue weighted by atomic mass is 79.9. The number of amides is 1. The maximum Gasteiger partial charge on any atom is 0.295 e. The van der Waals surface area contributed by atoms with E-state index < -0.39 is 6.04 Å². The fourth-order valence-electron chi connectivity index (χ4n) is 4.31. The molecule has 1 atom stereocenters. The van der Waals surface area contributed by atoms with Gasteiger partial charge in [0.15, 0.2) is 5.43 Å². The normalized spacial score (nSPS) is 15.0. The Morgan fingerprint density at radius 3 is 2.12 bits per heavy atom. The first-order valence-electron chi connectivity index (χ1n) is 11.1. The number of carbonyl (C=O) groups excluding carboxylic acids is 1. The number of fused-ring (bicyclic) bond motifs is 2. The molecular weight excluding hydrogens is 498 g/mol. The van der Waals surface area contributed by atoms with Crippen LogP contribution in [0.15, 0.2) is 80.4 Å². The van der Waals surface area contributed by atoms with E-state index in [9.17, 15) is 9.59 Å². The Morgan fingerprint density at radius 1 is 0.882 bits per heavy atom. The van der Waals surface area contributed by atoms with Crippen LogP contribution >= 0.6 is 15.9 Å². The van der Waals surface area contributed by atoms with E-state index in [0.717, 1.165) is 15.8 Å². The van der Waals surface area contributed by atoms with Crippen molar-refractivity contribution in [2.45, 2.75) is 19.9 Å². The first kappa shape index (κ1) is 22.2. The predicted molar refractivity (Wildman–Crippen MR) is 134 cm³/mol. The summed E-state index contributed by atoms with van der Waals surface area (Å²) in [5.74, 6) is 1.13. The van der Waals surface area contributed by atoms with E-state index in [0.29, 0.717) is 41.2 Å². The number of nitrogens with zero attached hydrogens (tertiary/aromatic N) is 1. The third-order valence-corrected chi connectivity index (χ3v) is 6.26. The summed E-state index contributed by atoms with van der Waals surface area (Å²) in [5.41, 5.74) is 1.90. The highest BCUT2D eigenvalue weighted by molar-refractivity contribution is 9.10. The van der Waals surface area contributed by atoms with E-state index in [1.54, 1.807) is 23.1 Å². The van der Waals surface area contributed by atoms with Crippen molar-refractivity contribution < 1.29 is 18.7 Å². The van der Waals surface area contributed by atoms with Crippen LogP contribution in [0.3, 0.4) is 0 Å². The van der Waals surface area contributed by atoms with Gasteiger partial charge in [0, 0.05) is 10.2 Å². The summed E-state index contributed by atoms with van der Waals surface area (Å²) in [4.78, 5) is 28.9. The molecule has 0 bridgehead atoms. The Labute approximate surface area is 204 Å². The molecule has 0 N–H and O–H groups in total. The zero-order valence-electron chi connectivity index (χ0n) is 18.7. The smallest absolute Gasteiger partial charge is 0.295 e. The van der Waals surface area contributed by atoms with E-state index in [4.69, 9.17) is 13.9 Å². The van der Waals surface area contributed by atoms with Crippen LogP contribution in [0, 0.1) is 0 Å². The molecule has 5 rings (SSSR count). The zero-order valence-corrected chi connectivity index (χ0v) is 20.3. The van der Waals surface area contributed by atoms with Crippen molar-refractivity contribution in [3.05, 3.63) is 98.3 Å². The molecule has 1 aromatic heterocycles. The lowest BCUT2D eigenvalue weighted by Crippen LogP contribution is -2.29. The van der Waals surface area contributed by atoms with Crippen molar-refractivity contribution in [2.24, 2.45) is 0 Å². The molecule has 0 spiro atoms. The van der Waals surface area contributed by atoms with Crippen molar-refractivity contribution in [3.63, 3.8) is 0 Å². The number of halogens is 1. The fraction of sp³-hybridized carbons (Fsp3) is 0.185. The summed E-state index contributed by atoms with van der Waals surface area (Å²) in [6.07, 6.45) is 0. The van der Waals surface area contributed by atoms with Crippen molar-refractivity contribution in [3.8, 4) is 11.5 Å². The summed E-state index contributed by atoms with van der Waals surface area (Å²) < 4.78 is 17.9. The Hall–Kier alpha value is -3.58. The summed E-state index contributed by atoms with van der Waals surface area (Å²) in [7, 11) is 0. The minimum absolute atomic E-state index is 0.0626. The number of carbonyl (C=O) groups is 1. The van der Waals surface area contributed by atoms with Gasteiger partial charge in [-0.15, -0.1) is 0 Å². The van der Waals surface area contributed by atoms with Crippen LogP contribution in [0.5, 0.6) is 11.5 Å². The molecule has 1 unspecified atom stereocenters. The molecule has 6 nitrogen and oxygen atoms in total. The summed E-state index contributed by atoms with van der Waals surface area (Å²) in [6, 6.07) is 19.3. The molecule has 7 heteroatoms. The number of benzene rings is 3. The fourth-order valence-corrected chi connectivity index (χ4v) is 4.67. The molecule has 0 saturated heterocycles. The number of ether oxygens (including phenoxy) is 2. The third kappa shape index (κ3) is 3.76. The molecule has 1 amide bonds. The SMILES string of the molecule is CCOc1ccc(C2c3c(oc4ccc(Br)cc4c3=O)C(=O)N2c2ccc(OCC)cc2)cc1. The van der Waals surface area contributed by atoms with Gasteiger partial charge in [-0.25, -0.2) is 0 Å². The number of hydrogen-bond donors (Lipinski definition) is 0. The predicted octanol–water partition coefficient (Wildman–Crippen LogP) is 6.10. The minimum Gasteiger partial charge on any atom is -0.494 e. The van der Waals surface area contributed by atoms with Crippen LogP contribution in [0.1, 0.15) is 41.6 Å². The first-order chi connectivity index (χ1) is 16.5. The molecule has 34 heavy (non-hydrogen) atoms. The largest absolute Gasteiger partial charge is 0.494 e. The standard InChI is InChI=1S/C27H22BrNO5/c1-3-32-19-10-5-16(6-11-19)24-23-25(30)21-15-17(28)7-14-22(21)34-26(23)27(31)29(24)18-8-12-20(13-9-18)33-4-2/h5-15,24H,3-4H2,1-2H3. The van der Waals surface area contributed by atoms with Gasteiger partial charge in [0.2, 0.25) is 5.76 Å². The van der Waals surface area contributed by atoms with Gasteiger partial charge in [0.1, 0.15) is 17.1 Å². The molecule has 1 aliphatic heterocycles. The van der Waals surface area contributed by atoms with Crippen LogP contribution in [0.4, 0.5) is 5.69 Å². The average molecular weight is 520 g/mol. The topological polar surface area (TPSA) is 69.0 Å². The van der Waals surface area contributed by atoms with Crippen LogP contribution in [0.25, 0.3) is 11.0 Å². The van der Waals surface area contributed by atoms with Crippen LogP contribution in [-0.2, 0) is 0 Å². The van der Waals surface area contributed by atoms with Crippen LogP contribution < -0.4 is 19.8 Å². The first-order valence-corrected chi connectivity index (χ1v) is 11.9. The molecule has 0 aliphatic carbocycles. The van der Waals surface area contributed by atoms with Gasteiger partial charge < -0.3 is 13.9 Å². The van der Waals surface area contributed by atoms with Crippen molar-refractivity contribution in [2.75, 3.05) is 18.1 Å². The Balaban J connectivity index is 1.71. The van der Waals surface area contributed by atoms with Gasteiger partial charge in [-0.1, -0.05) is 28.1 Å². The number of anilines is 1. The van der Waals surface area contributed by atoms with E-state index in [2.05, 4.69) is 15.9 Å². The van der Waals surface area contributed by atoms with Crippen LogP contribution in [-0.4, -0.2) is 19.1 Å². The summed E-state index contributed by atoms with van der Waals surface area (Å²) in [5, 5.41) is 0.422. The van der Waals surface area contributed by atoms with E-state index >= 15 is 0 Å². The Bertz CT molecular complexity index is 1430. The molecule has 0 radical (unpaired) electrons. The Morgan fingerprint density at radius 2 is 1.50 bits per heavy atom. The van der Waals surface area contributed by atoms with Crippen molar-refractivity contribution >= 4 is 38.5 Å². The monoisotopic (exact) mass is 519 g/mol. The molecular formula is C27H22BrNO5. The molecule has 2 heterocycles. The molecule has 4 aromatic rings. The van der Waals surface area contributed by atoms with Gasteiger partial charge in [0.25, 0.3) is 5.91 Å². The second kappa shape index (κ2) is 8.99. The quantitative estimate of drug-likeness (QED) is 0.307. The van der Waals surface area contributed by atoms with Gasteiger partial charge in [-0.05, 0) is 74.0 Å². The lowest BCUT2D eigenvalue weighted by atomic mass is 9.98. The maximum atomic E-state index is 13.7. The maximum absolute atomic E-state index is 13.7. The van der Waals surface area contributed by atoms with Gasteiger partial charge in [0.05, 0.1) is 30.2 Å². The van der Waals surface area contributed by atoms with Gasteiger partial charge in [-0.3, -0.25) is 14.5 Å². The number of hydrogen-bond acceptors (Lipinski definition) is 5. The van der Waals surface area contributed by atoms with E-state index in [1.807, 2.05) is 62.4 Å². The van der Waals surface area contributed by atoms with E-state index in [1.165, 1.54) is 0 Å². The number of rotatable bonds is 6. The highest BCUT2D eigenvalue weighted by Crippen LogP contribution is 2.42. The molecule has 3 aromatic carbocycles.